The van der Waals surface area contributed by atoms with Crippen LogP contribution in [0.15, 0.2) is 78.0 Å². The van der Waals surface area contributed by atoms with E-state index in [0.717, 1.165) is 27.8 Å². The number of carbonyl (C=O) groups is 2. The van der Waals surface area contributed by atoms with Crippen molar-refractivity contribution in [2.75, 3.05) is 18.9 Å². The number of hydrogen-bond donors (Lipinski definition) is 1. The van der Waals surface area contributed by atoms with Crippen LogP contribution in [0.4, 0.5) is 5.69 Å². The van der Waals surface area contributed by atoms with Crippen molar-refractivity contribution in [3.05, 3.63) is 88.9 Å². The van der Waals surface area contributed by atoms with Crippen LogP contribution < -0.4 is 5.32 Å². The van der Waals surface area contributed by atoms with E-state index in [2.05, 4.69) is 5.32 Å². The molecule has 1 N–H and O–H groups in total. The molecule has 4 heterocycles. The molecule has 3 aliphatic rings. The van der Waals surface area contributed by atoms with Crippen LogP contribution >= 0.6 is 23.4 Å². The van der Waals surface area contributed by atoms with Crippen molar-refractivity contribution in [3.8, 4) is 0 Å². The number of hydrogen-bond acceptors (Lipinski definition) is 5. The molecular weight excluding hydrogens is 468 g/mol. The lowest BCUT2D eigenvalue weighted by molar-refractivity contribution is -0.126. The number of aromatic nitrogens is 2. The number of nitrogens with zero attached hydrogens (tertiary/aromatic N) is 3. The molecule has 2 spiro atoms. The summed E-state index contributed by atoms with van der Waals surface area (Å²) in [4.78, 5) is 35.5. The number of imidazole rings is 1. The molecule has 3 atom stereocenters. The van der Waals surface area contributed by atoms with E-state index in [1.807, 2.05) is 84.7 Å². The topological polar surface area (TPSA) is 67.2 Å². The number of likely N-dealkylation sites (tertiary alicyclic amines) is 1. The van der Waals surface area contributed by atoms with Crippen molar-refractivity contribution >= 4 is 51.9 Å². The van der Waals surface area contributed by atoms with Crippen LogP contribution in [0.1, 0.15) is 21.8 Å². The summed E-state index contributed by atoms with van der Waals surface area (Å²) >= 11 is 8.11. The molecule has 1 aromatic heterocycles. The predicted octanol–water partition coefficient (Wildman–Crippen LogP) is 4.75. The molecule has 3 aliphatic heterocycles. The summed E-state index contributed by atoms with van der Waals surface area (Å²) in [6.45, 7) is 0.493. The second kappa shape index (κ2) is 6.72. The number of rotatable bonds is 1. The van der Waals surface area contributed by atoms with E-state index in [1.165, 1.54) is 11.8 Å². The van der Waals surface area contributed by atoms with Gasteiger partial charge in [0.2, 0.25) is 0 Å². The fraction of sp³-hybridized carbons (Fsp3) is 0.192. The predicted molar refractivity (Wildman–Crippen MR) is 133 cm³/mol. The van der Waals surface area contributed by atoms with Crippen LogP contribution in [0.3, 0.4) is 0 Å². The van der Waals surface area contributed by atoms with Gasteiger partial charge in [-0.2, -0.15) is 0 Å². The molecule has 0 bridgehead atoms. The third-order valence-corrected chi connectivity index (χ3v) is 9.41. The Balaban J connectivity index is 1.56. The van der Waals surface area contributed by atoms with E-state index < -0.39 is 10.3 Å². The van der Waals surface area contributed by atoms with E-state index in [-0.39, 0.29) is 17.7 Å². The number of anilines is 1. The van der Waals surface area contributed by atoms with Crippen molar-refractivity contribution in [2.45, 2.75) is 21.4 Å². The van der Waals surface area contributed by atoms with Gasteiger partial charge in [0, 0.05) is 28.7 Å². The van der Waals surface area contributed by atoms with Gasteiger partial charge in [-0.1, -0.05) is 71.9 Å². The van der Waals surface area contributed by atoms with Gasteiger partial charge in [0.05, 0.1) is 11.0 Å². The number of halogens is 1. The molecule has 1 amide bonds. The Morgan fingerprint density at radius 3 is 2.62 bits per heavy atom. The Morgan fingerprint density at radius 1 is 1.03 bits per heavy atom. The minimum absolute atomic E-state index is 0.137. The van der Waals surface area contributed by atoms with Crippen LogP contribution in [-0.2, 0) is 10.3 Å². The number of thioether (sulfide) groups is 1. The summed E-state index contributed by atoms with van der Waals surface area (Å²) < 4.78 is 0.509. The molecule has 1 saturated heterocycles. The summed E-state index contributed by atoms with van der Waals surface area (Å²) in [7, 11) is 1.92. The maximum absolute atomic E-state index is 14.7. The van der Waals surface area contributed by atoms with E-state index in [4.69, 9.17) is 16.6 Å². The van der Waals surface area contributed by atoms with E-state index in [9.17, 15) is 9.59 Å². The Morgan fingerprint density at radius 2 is 1.76 bits per heavy atom. The van der Waals surface area contributed by atoms with Crippen molar-refractivity contribution in [1.29, 1.82) is 0 Å². The highest BCUT2D eigenvalue weighted by atomic mass is 35.5. The van der Waals surface area contributed by atoms with Crippen molar-refractivity contribution < 1.29 is 9.59 Å². The highest BCUT2D eigenvalue weighted by Gasteiger charge is 2.77. The highest BCUT2D eigenvalue weighted by molar-refractivity contribution is 8.02. The fourth-order valence-corrected chi connectivity index (χ4v) is 8.21. The van der Waals surface area contributed by atoms with Gasteiger partial charge in [0.25, 0.3) is 11.8 Å². The molecule has 6 nitrogen and oxygen atoms in total. The molecule has 0 aliphatic carbocycles. The molecule has 168 valence electrons. The third-order valence-electron chi connectivity index (χ3n) is 7.53. The minimum atomic E-state index is -1.21. The van der Waals surface area contributed by atoms with Crippen LogP contribution in [0.25, 0.3) is 11.0 Å². The summed E-state index contributed by atoms with van der Waals surface area (Å²) in [6.07, 6.45) is 0. The zero-order valence-electron chi connectivity index (χ0n) is 18.2. The summed E-state index contributed by atoms with van der Waals surface area (Å²) in [5.41, 5.74) is 2.72. The molecule has 4 aromatic rings. The van der Waals surface area contributed by atoms with Gasteiger partial charge >= 0.3 is 0 Å². The summed E-state index contributed by atoms with van der Waals surface area (Å²) in [5.74, 6) is -0.662. The molecular formula is C26H19ClN4O2S. The van der Waals surface area contributed by atoms with Gasteiger partial charge in [0.1, 0.15) is 4.75 Å². The fourth-order valence-electron chi connectivity index (χ4n) is 6.21. The van der Waals surface area contributed by atoms with Gasteiger partial charge in [-0.05, 0) is 36.9 Å². The number of benzene rings is 3. The second-order valence-corrected chi connectivity index (χ2v) is 10.6. The molecule has 0 radical (unpaired) electrons. The lowest BCUT2D eigenvalue weighted by Gasteiger charge is -2.41. The highest BCUT2D eigenvalue weighted by Crippen LogP contribution is 2.67. The number of likely N-dealkylation sites (N-methyl/N-ethyl adjacent to an activating group) is 1. The molecule has 8 heteroatoms. The Bertz CT molecular complexity index is 1550. The van der Waals surface area contributed by atoms with Gasteiger partial charge in [-0.15, -0.1) is 0 Å². The minimum Gasteiger partial charge on any atom is -0.324 e. The zero-order chi connectivity index (χ0) is 23.2. The first-order valence-corrected chi connectivity index (χ1v) is 12.3. The smallest absolute Gasteiger partial charge is 0.253 e. The average Bonchev–Trinajstić information content (AvgIpc) is 3.51. The first kappa shape index (κ1) is 20.3. The van der Waals surface area contributed by atoms with E-state index >= 15 is 0 Å². The first-order chi connectivity index (χ1) is 16.5. The number of nitrogens with one attached hydrogen (secondary N) is 1. The van der Waals surface area contributed by atoms with Crippen LogP contribution in [0, 0.1) is 0 Å². The molecule has 34 heavy (non-hydrogen) atoms. The maximum Gasteiger partial charge on any atom is 0.253 e. The third kappa shape index (κ3) is 2.16. The van der Waals surface area contributed by atoms with Gasteiger partial charge < -0.3 is 5.32 Å². The summed E-state index contributed by atoms with van der Waals surface area (Å²) in [6, 6.07) is 22.9. The average molecular weight is 487 g/mol. The normalized spacial score (nSPS) is 27.6. The first-order valence-electron chi connectivity index (χ1n) is 11.1. The standard InChI is InChI=1S/C26H19ClN4O2S/c1-30-14-17(15-8-2-4-10-18(15)27)26(25(30)16-9-3-5-11-19(16)28-22(25)32)23(33)31-21-13-7-6-12-20(21)29-24(31)34-26/h2-13,17H,14H2,1H3,(H,28,32)/t17-,25+,26-/m0/s1. The molecule has 0 saturated carbocycles. The van der Waals surface area contributed by atoms with Crippen LogP contribution in [0.5, 0.6) is 0 Å². The van der Waals surface area contributed by atoms with Gasteiger partial charge in [-0.25, -0.2) is 4.98 Å². The Hall–Kier alpha value is -3.13. The van der Waals surface area contributed by atoms with E-state index in [1.54, 1.807) is 4.57 Å². The molecule has 7 rings (SSSR count). The number of fused-ring (bicyclic) bond motifs is 6. The Labute approximate surface area is 204 Å². The van der Waals surface area contributed by atoms with Gasteiger partial charge in [0.15, 0.2) is 10.7 Å². The van der Waals surface area contributed by atoms with E-state index in [0.29, 0.717) is 16.7 Å². The SMILES string of the molecule is CN1C[C@@H](c2ccccc2Cl)[C@@]2(Sc3nc4ccccc4n3C2=O)[C@@]12C(=O)Nc1ccccc12. The van der Waals surface area contributed by atoms with Crippen LogP contribution in [0.2, 0.25) is 5.02 Å². The lowest BCUT2D eigenvalue weighted by atomic mass is 9.72. The molecule has 3 aromatic carbocycles. The maximum atomic E-state index is 14.7. The quantitative estimate of drug-likeness (QED) is 0.420. The van der Waals surface area contributed by atoms with Crippen molar-refractivity contribution in [3.63, 3.8) is 0 Å². The van der Waals surface area contributed by atoms with Crippen molar-refractivity contribution in [1.82, 2.24) is 14.5 Å². The molecule has 1 fully saturated rings. The van der Waals surface area contributed by atoms with Crippen molar-refractivity contribution in [2.24, 2.45) is 0 Å². The van der Waals surface area contributed by atoms with Crippen LogP contribution in [-0.4, -0.2) is 44.6 Å². The number of amides is 1. The van der Waals surface area contributed by atoms with Gasteiger partial charge in [-0.3, -0.25) is 19.1 Å². The number of carbonyl (C=O) groups excluding carboxylic acids is 2. The number of para-hydroxylation sites is 3. The second-order valence-electron chi connectivity index (χ2n) is 9.03. The monoisotopic (exact) mass is 486 g/mol. The Kier molecular flexibility index (Phi) is 4.00. The zero-order valence-corrected chi connectivity index (χ0v) is 19.7. The summed E-state index contributed by atoms with van der Waals surface area (Å²) in [5, 5.41) is 4.26. The largest absolute Gasteiger partial charge is 0.324 e. The lowest BCUT2D eigenvalue weighted by Crippen LogP contribution is -2.61. The molecule has 0 unspecified atom stereocenters.